The van der Waals surface area contributed by atoms with Crippen molar-refractivity contribution in [1.82, 2.24) is 10.2 Å². The Morgan fingerprint density at radius 1 is 1.18 bits per heavy atom. The average molecular weight is 469 g/mol. The van der Waals surface area contributed by atoms with Crippen LogP contribution in [0.2, 0.25) is 0 Å². The van der Waals surface area contributed by atoms with Gasteiger partial charge in [-0.15, -0.1) is 0 Å². The predicted octanol–water partition coefficient (Wildman–Crippen LogP) is 2.28. The summed E-state index contributed by atoms with van der Waals surface area (Å²) in [6, 6.07) is 6.12. The normalized spacial score (nSPS) is 15.2. The first-order valence-electron chi connectivity index (χ1n) is 10.8. The molecule has 33 heavy (non-hydrogen) atoms. The first-order chi connectivity index (χ1) is 15.6. The Kier molecular flexibility index (Phi) is 9.24. The number of likely N-dealkylation sites (tertiary alicyclic amines) is 1. The van der Waals surface area contributed by atoms with Gasteiger partial charge in [0.2, 0.25) is 0 Å². The fourth-order valence-corrected chi connectivity index (χ4v) is 3.35. The van der Waals surface area contributed by atoms with Gasteiger partial charge < -0.3 is 31.5 Å². The molecule has 1 aliphatic rings. The van der Waals surface area contributed by atoms with E-state index in [2.05, 4.69) is 10.6 Å². The van der Waals surface area contributed by atoms with Gasteiger partial charge >= 0.3 is 0 Å². The summed E-state index contributed by atoms with van der Waals surface area (Å²) in [5.74, 6) is -3.81. The fraction of sp³-hybridized carbons (Fsp3) is 0.435. The van der Waals surface area contributed by atoms with Crippen molar-refractivity contribution in [3.8, 4) is 0 Å². The quantitative estimate of drug-likeness (QED) is 0.407. The van der Waals surface area contributed by atoms with E-state index in [-0.39, 0.29) is 44.0 Å². The van der Waals surface area contributed by atoms with Gasteiger partial charge in [-0.3, -0.25) is 4.79 Å². The molecular formula is C23H31F3N4O3. The van der Waals surface area contributed by atoms with E-state index < -0.39 is 40.8 Å². The third kappa shape index (κ3) is 6.44. The summed E-state index contributed by atoms with van der Waals surface area (Å²) in [6.45, 7) is 5.96. The molecular weight excluding hydrogens is 437 g/mol. The molecule has 1 atom stereocenters. The van der Waals surface area contributed by atoms with E-state index in [4.69, 9.17) is 5.73 Å². The summed E-state index contributed by atoms with van der Waals surface area (Å²) in [4.78, 5) is 14.1. The van der Waals surface area contributed by atoms with Crippen LogP contribution in [0.25, 0.3) is 0 Å². The van der Waals surface area contributed by atoms with E-state index in [0.29, 0.717) is 5.56 Å². The molecule has 6 N–H and O–H groups in total. The van der Waals surface area contributed by atoms with Crippen LogP contribution in [0.3, 0.4) is 0 Å². The maximum Gasteiger partial charge on any atom is 0.256 e. The largest absolute Gasteiger partial charge is 0.390 e. The first-order valence-corrected chi connectivity index (χ1v) is 10.8. The molecule has 0 spiro atoms. The Morgan fingerprint density at radius 2 is 1.85 bits per heavy atom. The molecule has 2 aromatic rings. The van der Waals surface area contributed by atoms with Crippen molar-refractivity contribution in [2.24, 2.45) is 5.73 Å². The molecule has 1 fully saturated rings. The minimum absolute atomic E-state index is 0.0467. The first kappa shape index (κ1) is 26.6. The summed E-state index contributed by atoms with van der Waals surface area (Å²) >= 11 is 0. The standard InChI is InChI=1S/C21H25F3N4O3.C2H6/c1-12-2-5-17(16(23)6-12)27-19-14(3-4-15(22)18(19)24)20(30)28-10-21(31,11-28)9-26-8-13(29)7-25;1-2/h2-6,13,26-27,29,31H,7-11,25H2,1H3;1-2H3. The van der Waals surface area contributed by atoms with Crippen LogP contribution in [0, 0.1) is 24.4 Å². The number of carbonyl (C=O) groups excluding carboxylic acids is 1. The molecule has 10 heteroatoms. The molecule has 0 saturated carbocycles. The van der Waals surface area contributed by atoms with Crippen LogP contribution in [0.4, 0.5) is 24.5 Å². The highest BCUT2D eigenvalue weighted by atomic mass is 19.2. The van der Waals surface area contributed by atoms with Crippen LogP contribution in [0.5, 0.6) is 0 Å². The van der Waals surface area contributed by atoms with Gasteiger partial charge in [0.1, 0.15) is 11.4 Å². The van der Waals surface area contributed by atoms with Crippen LogP contribution >= 0.6 is 0 Å². The van der Waals surface area contributed by atoms with Crippen LogP contribution in [-0.2, 0) is 0 Å². The second-order valence-corrected chi connectivity index (χ2v) is 7.80. The van der Waals surface area contributed by atoms with Gasteiger partial charge in [0.15, 0.2) is 11.6 Å². The molecule has 1 unspecified atom stereocenters. The summed E-state index contributed by atoms with van der Waals surface area (Å²) in [5, 5.41) is 25.2. The molecule has 3 rings (SSSR count). The van der Waals surface area contributed by atoms with E-state index in [0.717, 1.165) is 12.1 Å². The molecule has 0 radical (unpaired) electrons. The highest BCUT2D eigenvalue weighted by Gasteiger charge is 2.44. The number of β-amino-alcohol motifs (C(OH)–C–C–N with tert-alkyl or cyclic N) is 1. The summed E-state index contributed by atoms with van der Waals surface area (Å²) in [6.07, 6.45) is -0.751. The number of aliphatic hydroxyl groups excluding tert-OH is 1. The third-order valence-corrected chi connectivity index (χ3v) is 5.07. The monoisotopic (exact) mass is 468 g/mol. The molecule has 1 saturated heterocycles. The van der Waals surface area contributed by atoms with Crippen molar-refractivity contribution >= 4 is 17.3 Å². The number of rotatable bonds is 8. The number of nitrogens with two attached hydrogens (primary N) is 1. The zero-order chi connectivity index (χ0) is 24.8. The Balaban J connectivity index is 0.00000187. The van der Waals surface area contributed by atoms with E-state index in [1.165, 1.54) is 17.0 Å². The second-order valence-electron chi connectivity index (χ2n) is 7.80. The van der Waals surface area contributed by atoms with E-state index in [1.54, 1.807) is 13.0 Å². The Hall–Kier alpha value is -2.66. The number of hydrogen-bond donors (Lipinski definition) is 5. The third-order valence-electron chi connectivity index (χ3n) is 5.07. The highest BCUT2D eigenvalue weighted by molar-refractivity contribution is 6.01. The van der Waals surface area contributed by atoms with Gasteiger partial charge in [-0.2, -0.15) is 0 Å². The van der Waals surface area contributed by atoms with Gasteiger partial charge in [0.25, 0.3) is 5.91 Å². The number of hydrogen-bond acceptors (Lipinski definition) is 6. The number of halogens is 3. The number of carbonyl (C=O) groups is 1. The van der Waals surface area contributed by atoms with Crippen molar-refractivity contribution in [3.05, 3.63) is 58.9 Å². The lowest BCUT2D eigenvalue weighted by atomic mass is 9.92. The van der Waals surface area contributed by atoms with Crippen LogP contribution in [0.15, 0.2) is 30.3 Å². The fourth-order valence-electron chi connectivity index (χ4n) is 3.35. The van der Waals surface area contributed by atoms with Gasteiger partial charge in [0.05, 0.1) is 36.1 Å². The second kappa shape index (κ2) is 11.5. The molecule has 0 aliphatic carbocycles. The lowest BCUT2D eigenvalue weighted by molar-refractivity contribution is -0.0792. The summed E-state index contributed by atoms with van der Waals surface area (Å²) in [7, 11) is 0. The summed E-state index contributed by atoms with van der Waals surface area (Å²) in [5.41, 5.74) is 3.96. The lowest BCUT2D eigenvalue weighted by Gasteiger charge is -2.46. The number of anilines is 2. The van der Waals surface area contributed by atoms with Crippen LogP contribution in [0.1, 0.15) is 29.8 Å². The molecule has 1 aliphatic heterocycles. The molecule has 0 aromatic heterocycles. The Morgan fingerprint density at radius 3 is 2.45 bits per heavy atom. The molecule has 0 bridgehead atoms. The number of amides is 1. The molecule has 182 valence electrons. The van der Waals surface area contributed by atoms with Crippen molar-refractivity contribution in [1.29, 1.82) is 0 Å². The number of aryl methyl sites for hydroxylation is 1. The molecule has 1 amide bonds. The number of nitrogens with zero attached hydrogens (tertiary/aromatic N) is 1. The average Bonchev–Trinajstić information content (AvgIpc) is 2.77. The van der Waals surface area contributed by atoms with Gasteiger partial charge in [-0.25, -0.2) is 13.2 Å². The van der Waals surface area contributed by atoms with Crippen LogP contribution in [-0.4, -0.2) is 65.4 Å². The molecule has 2 aromatic carbocycles. The maximum atomic E-state index is 14.5. The molecule has 7 nitrogen and oxygen atoms in total. The van der Waals surface area contributed by atoms with Crippen LogP contribution < -0.4 is 16.4 Å². The van der Waals surface area contributed by atoms with Crippen molar-refractivity contribution in [3.63, 3.8) is 0 Å². The maximum absolute atomic E-state index is 14.5. The number of benzene rings is 2. The van der Waals surface area contributed by atoms with Crippen molar-refractivity contribution in [2.45, 2.75) is 32.5 Å². The van der Waals surface area contributed by atoms with E-state index in [9.17, 15) is 28.2 Å². The minimum atomic E-state index is -1.31. The van der Waals surface area contributed by atoms with E-state index in [1.807, 2.05) is 13.8 Å². The molecule has 1 heterocycles. The minimum Gasteiger partial charge on any atom is -0.390 e. The summed E-state index contributed by atoms with van der Waals surface area (Å²) < 4.78 is 42.5. The Bertz CT molecular complexity index is 968. The van der Waals surface area contributed by atoms with Crippen molar-refractivity contribution < 1.29 is 28.2 Å². The van der Waals surface area contributed by atoms with E-state index >= 15 is 0 Å². The lowest BCUT2D eigenvalue weighted by Crippen LogP contribution is -2.67. The zero-order valence-electron chi connectivity index (χ0n) is 19.0. The topological polar surface area (TPSA) is 111 Å². The smallest absolute Gasteiger partial charge is 0.256 e. The van der Waals surface area contributed by atoms with Gasteiger partial charge in [-0.1, -0.05) is 19.9 Å². The predicted molar refractivity (Wildman–Crippen MR) is 121 cm³/mol. The Labute approximate surface area is 191 Å². The number of nitrogens with one attached hydrogen (secondary N) is 2. The highest BCUT2D eigenvalue weighted by Crippen LogP contribution is 2.31. The van der Waals surface area contributed by atoms with Gasteiger partial charge in [0, 0.05) is 19.6 Å². The van der Waals surface area contributed by atoms with Crippen molar-refractivity contribution in [2.75, 3.05) is 38.0 Å². The SMILES string of the molecule is CC.Cc1ccc(Nc2c(C(=O)N3CC(O)(CNCC(O)CN)C3)ccc(F)c2F)c(F)c1. The number of aliphatic hydroxyl groups is 2. The zero-order valence-corrected chi connectivity index (χ0v) is 19.0. The van der Waals surface area contributed by atoms with Gasteiger partial charge in [-0.05, 0) is 36.8 Å².